The molecule has 0 aliphatic heterocycles. The second-order valence-electron chi connectivity index (χ2n) is 5.04. The van der Waals surface area contributed by atoms with Crippen LogP contribution in [0.3, 0.4) is 0 Å². The number of pyridine rings is 1. The first-order valence-corrected chi connectivity index (χ1v) is 6.62. The van der Waals surface area contributed by atoms with Crippen molar-refractivity contribution in [3.05, 3.63) is 53.7 Å². The van der Waals surface area contributed by atoms with E-state index >= 15 is 0 Å². The van der Waals surface area contributed by atoms with Crippen LogP contribution in [0.5, 0.6) is 0 Å². The molecule has 3 N–H and O–H groups in total. The fourth-order valence-electron chi connectivity index (χ4n) is 1.96. The van der Waals surface area contributed by atoms with Crippen LogP contribution in [0.25, 0.3) is 0 Å². The van der Waals surface area contributed by atoms with E-state index in [9.17, 15) is 4.79 Å². The number of nitrogens with zero attached hydrogens (tertiary/aromatic N) is 1. The van der Waals surface area contributed by atoms with E-state index in [0.717, 1.165) is 16.8 Å². The Balaban J connectivity index is 1.93. The predicted octanol–water partition coefficient (Wildman–Crippen LogP) is 3.10. The monoisotopic (exact) mass is 269 g/mol. The van der Waals surface area contributed by atoms with Gasteiger partial charge >= 0.3 is 0 Å². The zero-order valence-electron chi connectivity index (χ0n) is 11.8. The van der Waals surface area contributed by atoms with Crippen molar-refractivity contribution in [3.8, 4) is 0 Å². The smallest absolute Gasteiger partial charge is 0.226 e. The van der Waals surface area contributed by atoms with Gasteiger partial charge in [0.05, 0.1) is 0 Å². The van der Waals surface area contributed by atoms with Gasteiger partial charge in [-0.1, -0.05) is 25.1 Å². The first-order chi connectivity index (χ1) is 9.54. The molecule has 1 aromatic carbocycles. The van der Waals surface area contributed by atoms with E-state index in [4.69, 9.17) is 5.73 Å². The predicted molar refractivity (Wildman–Crippen MR) is 81.5 cm³/mol. The molecule has 0 fully saturated rings. The summed E-state index contributed by atoms with van der Waals surface area (Å²) in [5, 5.41) is 2.81. The molecule has 1 atom stereocenters. The third-order valence-corrected chi connectivity index (χ3v) is 3.18. The van der Waals surface area contributed by atoms with Crippen LogP contribution in [-0.4, -0.2) is 10.9 Å². The molecule has 4 nitrogen and oxygen atoms in total. The zero-order valence-corrected chi connectivity index (χ0v) is 11.8. The molecule has 2 aromatic rings. The van der Waals surface area contributed by atoms with Gasteiger partial charge < -0.3 is 11.1 Å². The number of carbonyl (C=O) groups excluding carboxylic acids is 1. The van der Waals surface area contributed by atoms with Gasteiger partial charge in [0.1, 0.15) is 5.82 Å². The van der Waals surface area contributed by atoms with Crippen molar-refractivity contribution in [1.82, 2.24) is 4.98 Å². The van der Waals surface area contributed by atoms with Gasteiger partial charge in [0, 0.05) is 18.3 Å². The number of benzene rings is 1. The number of aromatic nitrogens is 1. The molecule has 1 amide bonds. The minimum Gasteiger partial charge on any atom is -0.399 e. The highest BCUT2D eigenvalue weighted by Crippen LogP contribution is 2.20. The van der Waals surface area contributed by atoms with Gasteiger partial charge in [-0.3, -0.25) is 4.79 Å². The number of carbonyl (C=O) groups is 1. The van der Waals surface area contributed by atoms with E-state index in [1.807, 2.05) is 44.2 Å². The fourth-order valence-corrected chi connectivity index (χ4v) is 1.96. The van der Waals surface area contributed by atoms with Crippen molar-refractivity contribution in [2.45, 2.75) is 26.2 Å². The van der Waals surface area contributed by atoms with Gasteiger partial charge in [0.2, 0.25) is 5.91 Å². The Morgan fingerprint density at radius 1 is 1.25 bits per heavy atom. The molecule has 1 unspecified atom stereocenters. The van der Waals surface area contributed by atoms with Crippen LogP contribution >= 0.6 is 0 Å². The lowest BCUT2D eigenvalue weighted by molar-refractivity contribution is -0.116. The van der Waals surface area contributed by atoms with Crippen molar-refractivity contribution in [2.24, 2.45) is 0 Å². The highest BCUT2D eigenvalue weighted by molar-refractivity contribution is 5.90. The van der Waals surface area contributed by atoms with E-state index in [0.29, 0.717) is 12.2 Å². The summed E-state index contributed by atoms with van der Waals surface area (Å²) in [5.41, 5.74) is 8.56. The van der Waals surface area contributed by atoms with Crippen molar-refractivity contribution >= 4 is 17.4 Å². The van der Waals surface area contributed by atoms with E-state index in [2.05, 4.69) is 10.3 Å². The van der Waals surface area contributed by atoms with Gasteiger partial charge in [-0.15, -0.1) is 0 Å². The summed E-state index contributed by atoms with van der Waals surface area (Å²) in [4.78, 5) is 16.1. The molecule has 0 bridgehead atoms. The zero-order chi connectivity index (χ0) is 14.5. The van der Waals surface area contributed by atoms with E-state index < -0.39 is 0 Å². The summed E-state index contributed by atoms with van der Waals surface area (Å²) in [6, 6.07) is 11.3. The summed E-state index contributed by atoms with van der Waals surface area (Å²) >= 11 is 0. The molecule has 0 aliphatic carbocycles. The van der Waals surface area contributed by atoms with Gasteiger partial charge in [0.25, 0.3) is 0 Å². The van der Waals surface area contributed by atoms with Crippen molar-refractivity contribution in [3.63, 3.8) is 0 Å². The highest BCUT2D eigenvalue weighted by atomic mass is 16.1. The minimum absolute atomic E-state index is 0.0364. The quantitative estimate of drug-likeness (QED) is 0.838. The largest absolute Gasteiger partial charge is 0.399 e. The summed E-state index contributed by atoms with van der Waals surface area (Å²) in [7, 11) is 0. The van der Waals surface area contributed by atoms with E-state index in [1.54, 1.807) is 12.3 Å². The van der Waals surface area contributed by atoms with Crippen LogP contribution in [0.2, 0.25) is 0 Å². The number of amides is 1. The topological polar surface area (TPSA) is 68.0 Å². The molecule has 2 rings (SSSR count). The molecule has 104 valence electrons. The first-order valence-electron chi connectivity index (χ1n) is 6.62. The second kappa shape index (κ2) is 6.19. The summed E-state index contributed by atoms with van der Waals surface area (Å²) in [5.74, 6) is 0.692. The maximum Gasteiger partial charge on any atom is 0.226 e. The van der Waals surface area contributed by atoms with Gasteiger partial charge in [-0.05, 0) is 42.2 Å². The lowest BCUT2D eigenvalue weighted by atomic mass is 9.97. The van der Waals surface area contributed by atoms with Crippen LogP contribution in [-0.2, 0) is 4.79 Å². The summed E-state index contributed by atoms with van der Waals surface area (Å²) < 4.78 is 0. The molecule has 1 heterocycles. The molecule has 20 heavy (non-hydrogen) atoms. The molecule has 0 saturated carbocycles. The molecule has 0 spiro atoms. The van der Waals surface area contributed by atoms with E-state index in [-0.39, 0.29) is 11.8 Å². The Morgan fingerprint density at radius 3 is 2.55 bits per heavy atom. The number of aryl methyl sites for hydroxylation is 1. The van der Waals surface area contributed by atoms with Crippen LogP contribution in [0.1, 0.15) is 30.4 Å². The van der Waals surface area contributed by atoms with Crippen molar-refractivity contribution in [1.29, 1.82) is 0 Å². The Kier molecular flexibility index (Phi) is 4.35. The van der Waals surface area contributed by atoms with Crippen LogP contribution in [0.15, 0.2) is 42.6 Å². The average Bonchev–Trinajstić information content (AvgIpc) is 2.42. The number of nitrogens with one attached hydrogen (secondary N) is 1. The molecule has 1 aromatic heterocycles. The molecule has 0 aliphatic rings. The third-order valence-electron chi connectivity index (χ3n) is 3.18. The number of nitrogen functional groups attached to an aromatic ring is 1. The van der Waals surface area contributed by atoms with Gasteiger partial charge in [0.15, 0.2) is 0 Å². The lowest BCUT2D eigenvalue weighted by Crippen LogP contribution is -2.15. The second-order valence-corrected chi connectivity index (χ2v) is 5.04. The number of anilines is 2. The minimum atomic E-state index is -0.0364. The molecular weight excluding hydrogens is 250 g/mol. The Bertz CT molecular complexity index is 576. The number of hydrogen-bond donors (Lipinski definition) is 2. The van der Waals surface area contributed by atoms with Crippen molar-refractivity contribution in [2.75, 3.05) is 11.1 Å². The number of nitrogens with two attached hydrogens (primary N) is 1. The highest BCUT2D eigenvalue weighted by Gasteiger charge is 2.11. The van der Waals surface area contributed by atoms with Gasteiger partial charge in [-0.25, -0.2) is 4.98 Å². The Labute approximate surface area is 119 Å². The molecular formula is C16H19N3O. The van der Waals surface area contributed by atoms with E-state index in [1.165, 1.54) is 0 Å². The average molecular weight is 269 g/mol. The van der Waals surface area contributed by atoms with Gasteiger partial charge in [-0.2, -0.15) is 0 Å². The normalized spacial score (nSPS) is 11.9. The van der Waals surface area contributed by atoms with Crippen molar-refractivity contribution < 1.29 is 4.79 Å². The van der Waals surface area contributed by atoms with Crippen LogP contribution in [0, 0.1) is 6.92 Å². The number of rotatable bonds is 4. The molecule has 4 heteroatoms. The maximum atomic E-state index is 12.0. The fraction of sp³-hybridized carbons (Fsp3) is 0.250. The molecule has 0 radical (unpaired) electrons. The Morgan fingerprint density at radius 2 is 1.95 bits per heavy atom. The van der Waals surface area contributed by atoms with Crippen LogP contribution in [0.4, 0.5) is 11.5 Å². The number of hydrogen-bond acceptors (Lipinski definition) is 3. The maximum absolute atomic E-state index is 12.0. The lowest BCUT2D eigenvalue weighted by Gasteiger charge is -2.12. The summed E-state index contributed by atoms with van der Waals surface area (Å²) in [6.45, 7) is 3.98. The SMILES string of the molecule is Cc1ccc(NC(=O)CC(C)c2ccc(N)cc2)nc1. The third kappa shape index (κ3) is 3.82. The first kappa shape index (κ1) is 14.1. The Hall–Kier alpha value is -2.36. The molecule has 0 saturated heterocycles. The summed E-state index contributed by atoms with van der Waals surface area (Å²) in [6.07, 6.45) is 2.15. The van der Waals surface area contributed by atoms with Crippen LogP contribution < -0.4 is 11.1 Å². The standard InChI is InChI=1S/C16H19N3O/c1-11-3-8-15(18-10-11)19-16(20)9-12(2)13-4-6-14(17)7-5-13/h3-8,10,12H,9,17H2,1-2H3,(H,18,19,20).